The van der Waals surface area contributed by atoms with Gasteiger partial charge in [-0.05, 0) is 56.2 Å². The van der Waals surface area contributed by atoms with Crippen molar-refractivity contribution in [1.29, 1.82) is 0 Å². The molecule has 8 heteroatoms. The second kappa shape index (κ2) is 11.3. The molecular weight excluding hydrogens is 458 g/mol. The van der Waals surface area contributed by atoms with Crippen LogP contribution in [0.2, 0.25) is 0 Å². The van der Waals surface area contributed by atoms with Crippen LogP contribution in [0.4, 0.5) is 4.79 Å². The minimum absolute atomic E-state index is 0.157. The van der Waals surface area contributed by atoms with Crippen LogP contribution in [0, 0.1) is 0 Å². The van der Waals surface area contributed by atoms with Gasteiger partial charge in [0, 0.05) is 18.7 Å². The molecule has 0 spiro atoms. The van der Waals surface area contributed by atoms with E-state index < -0.39 is 0 Å². The van der Waals surface area contributed by atoms with Gasteiger partial charge in [0.2, 0.25) is 11.8 Å². The second-order valence-electron chi connectivity index (χ2n) is 9.15. The molecule has 1 saturated heterocycles. The molecule has 4 heterocycles. The van der Waals surface area contributed by atoms with Crippen LogP contribution in [0.5, 0.6) is 5.88 Å². The highest BCUT2D eigenvalue weighted by Gasteiger charge is 2.35. The van der Waals surface area contributed by atoms with Crippen LogP contribution in [0.3, 0.4) is 0 Å². The molecule has 2 aromatic rings. The monoisotopic (exact) mass is 489 g/mol. The van der Waals surface area contributed by atoms with Gasteiger partial charge in [-0.25, -0.2) is 14.7 Å². The summed E-state index contributed by atoms with van der Waals surface area (Å²) in [6.45, 7) is 0.464. The second-order valence-corrected chi connectivity index (χ2v) is 9.15. The van der Waals surface area contributed by atoms with Gasteiger partial charge < -0.3 is 18.9 Å². The smallest absolute Gasteiger partial charge is 0.417 e. The van der Waals surface area contributed by atoms with Crippen LogP contribution < -0.4 is 4.74 Å². The molecule has 0 bridgehead atoms. The number of methoxy groups -OCH3 is 1. The first-order valence-corrected chi connectivity index (χ1v) is 12.5. The number of rotatable bonds is 10. The molecule has 1 aliphatic carbocycles. The zero-order valence-electron chi connectivity index (χ0n) is 20.5. The van der Waals surface area contributed by atoms with E-state index in [1.54, 1.807) is 13.4 Å². The minimum Gasteiger partial charge on any atom is -0.481 e. The molecule has 0 saturated carbocycles. The molecule has 3 aliphatic rings. The molecule has 5 rings (SSSR count). The van der Waals surface area contributed by atoms with E-state index >= 15 is 0 Å². The van der Waals surface area contributed by atoms with E-state index in [1.165, 1.54) is 22.3 Å². The summed E-state index contributed by atoms with van der Waals surface area (Å²) in [6.07, 6.45) is 18.1. The molecule has 1 atom stereocenters. The summed E-state index contributed by atoms with van der Waals surface area (Å²) in [7, 11) is 1.62. The summed E-state index contributed by atoms with van der Waals surface area (Å²) in [5.74, 6) is 1.68. The van der Waals surface area contributed by atoms with Crippen molar-refractivity contribution >= 4 is 17.1 Å². The number of fused-ring (bicyclic) bond motifs is 1. The standard InChI is InChI=1S/C28H31N3O5/c1-33-25-13-12-24-27(30-25)21(14-15-29-24)10-6-3-7-11-22-17-31(28(32)36-22)26-19-34-18-23(35-26)16-20-8-4-2-5-9-20/h2,4,8,12-15,18-19,22H,3,5-7,9-11,16-17H2,1H3. The summed E-state index contributed by atoms with van der Waals surface area (Å²) < 4.78 is 22.3. The molecule has 8 nitrogen and oxygen atoms in total. The van der Waals surface area contributed by atoms with E-state index in [2.05, 4.69) is 28.2 Å². The third kappa shape index (κ3) is 5.70. The Morgan fingerprint density at radius 1 is 1.17 bits per heavy atom. The summed E-state index contributed by atoms with van der Waals surface area (Å²) in [4.78, 5) is 23.0. The van der Waals surface area contributed by atoms with Crippen molar-refractivity contribution in [3.05, 3.63) is 77.9 Å². The van der Waals surface area contributed by atoms with E-state index in [4.69, 9.17) is 18.9 Å². The largest absolute Gasteiger partial charge is 0.481 e. The lowest BCUT2D eigenvalue weighted by Gasteiger charge is -2.22. The number of amides is 1. The molecule has 0 aromatic carbocycles. The van der Waals surface area contributed by atoms with Crippen molar-refractivity contribution < 1.29 is 23.7 Å². The van der Waals surface area contributed by atoms with Gasteiger partial charge in [-0.3, -0.25) is 4.98 Å². The SMILES string of the molecule is COc1ccc2nccc(CCCCCC3CN(C4=COC=C(CC5=CC=CCC5)O4)C(=O)O3)c2n1. The first kappa shape index (κ1) is 23.9. The number of aryl methyl sites for hydroxylation is 1. The maximum atomic E-state index is 12.5. The van der Waals surface area contributed by atoms with Crippen molar-refractivity contribution in [3.8, 4) is 5.88 Å². The van der Waals surface area contributed by atoms with E-state index in [-0.39, 0.29) is 12.2 Å². The molecule has 2 aromatic heterocycles. The summed E-state index contributed by atoms with van der Waals surface area (Å²) in [5, 5.41) is 0. The van der Waals surface area contributed by atoms with E-state index in [1.807, 2.05) is 24.4 Å². The van der Waals surface area contributed by atoms with Crippen molar-refractivity contribution in [1.82, 2.24) is 14.9 Å². The predicted molar refractivity (Wildman–Crippen MR) is 135 cm³/mol. The highest BCUT2D eigenvalue weighted by molar-refractivity contribution is 5.78. The zero-order valence-corrected chi connectivity index (χ0v) is 20.5. The van der Waals surface area contributed by atoms with Gasteiger partial charge in [0.1, 0.15) is 18.1 Å². The van der Waals surface area contributed by atoms with Gasteiger partial charge >= 0.3 is 6.09 Å². The first-order chi connectivity index (χ1) is 17.7. The number of aromatic nitrogens is 2. The molecule has 1 fully saturated rings. The maximum Gasteiger partial charge on any atom is 0.417 e. The van der Waals surface area contributed by atoms with Crippen LogP contribution in [-0.4, -0.2) is 40.7 Å². The number of hydrogen-bond donors (Lipinski definition) is 0. The van der Waals surface area contributed by atoms with Crippen molar-refractivity contribution in [2.45, 2.75) is 57.5 Å². The van der Waals surface area contributed by atoms with Crippen molar-refractivity contribution in [2.24, 2.45) is 0 Å². The number of carbonyl (C=O) groups excluding carboxylic acids is 1. The fraction of sp³-hybridized carbons (Fsp3) is 0.393. The topological polar surface area (TPSA) is 83.0 Å². The molecular formula is C28H31N3O5. The van der Waals surface area contributed by atoms with Crippen LogP contribution in [0.1, 0.15) is 50.5 Å². The van der Waals surface area contributed by atoms with Gasteiger partial charge in [-0.1, -0.05) is 30.2 Å². The Morgan fingerprint density at radius 2 is 2.11 bits per heavy atom. The zero-order chi connectivity index (χ0) is 24.7. The van der Waals surface area contributed by atoms with Crippen LogP contribution in [0.25, 0.3) is 11.0 Å². The average molecular weight is 490 g/mol. The summed E-state index contributed by atoms with van der Waals surface area (Å²) >= 11 is 0. The average Bonchev–Trinajstić information content (AvgIpc) is 3.29. The molecule has 1 amide bonds. The Hall–Kier alpha value is -3.81. The number of allylic oxidation sites excluding steroid dienone is 4. The van der Waals surface area contributed by atoms with Crippen molar-refractivity contribution in [3.63, 3.8) is 0 Å². The molecule has 0 radical (unpaired) electrons. The quantitative estimate of drug-likeness (QED) is 0.383. The van der Waals surface area contributed by atoms with Gasteiger partial charge in [-0.2, -0.15) is 0 Å². The number of unbranched alkanes of at least 4 members (excludes halogenated alkanes) is 2. The van der Waals surface area contributed by atoms with Crippen LogP contribution in [0.15, 0.2) is 72.4 Å². The maximum absolute atomic E-state index is 12.5. The summed E-state index contributed by atoms with van der Waals surface area (Å²) in [5.41, 5.74) is 4.22. The van der Waals surface area contributed by atoms with Gasteiger partial charge in [-0.15, -0.1) is 0 Å². The third-order valence-electron chi connectivity index (χ3n) is 6.57. The predicted octanol–water partition coefficient (Wildman–Crippen LogP) is 5.92. The number of ether oxygens (including phenoxy) is 4. The highest BCUT2D eigenvalue weighted by Crippen LogP contribution is 2.29. The lowest BCUT2D eigenvalue weighted by atomic mass is 10.0. The Balaban J connectivity index is 1.07. The number of hydrogen-bond acceptors (Lipinski definition) is 7. The molecule has 2 aliphatic heterocycles. The summed E-state index contributed by atoms with van der Waals surface area (Å²) in [6, 6.07) is 5.79. The minimum atomic E-state index is -0.390. The van der Waals surface area contributed by atoms with E-state index in [9.17, 15) is 4.79 Å². The van der Waals surface area contributed by atoms with E-state index in [0.29, 0.717) is 30.5 Å². The normalized spacial score (nSPS) is 19.2. The lowest BCUT2D eigenvalue weighted by Crippen LogP contribution is -2.27. The Kier molecular flexibility index (Phi) is 7.50. The Morgan fingerprint density at radius 3 is 2.97 bits per heavy atom. The first-order valence-electron chi connectivity index (χ1n) is 12.5. The van der Waals surface area contributed by atoms with Gasteiger partial charge in [0.25, 0.3) is 0 Å². The highest BCUT2D eigenvalue weighted by atomic mass is 16.6. The number of cyclic esters (lactones) is 1. The fourth-order valence-electron chi connectivity index (χ4n) is 4.66. The molecule has 188 valence electrons. The molecule has 36 heavy (non-hydrogen) atoms. The number of pyridine rings is 2. The third-order valence-corrected chi connectivity index (χ3v) is 6.57. The lowest BCUT2D eigenvalue weighted by molar-refractivity contribution is 0.114. The van der Waals surface area contributed by atoms with Crippen LogP contribution in [-0.2, 0) is 20.6 Å². The van der Waals surface area contributed by atoms with Gasteiger partial charge in [0.15, 0.2) is 6.26 Å². The fourth-order valence-corrected chi connectivity index (χ4v) is 4.66. The van der Waals surface area contributed by atoms with Gasteiger partial charge in [0.05, 0.1) is 24.7 Å². The Labute approximate surface area is 210 Å². The van der Waals surface area contributed by atoms with Crippen LogP contribution >= 0.6 is 0 Å². The van der Waals surface area contributed by atoms with Crippen molar-refractivity contribution in [2.75, 3.05) is 13.7 Å². The van der Waals surface area contributed by atoms with E-state index in [0.717, 1.165) is 56.0 Å². The number of carbonyl (C=O) groups is 1. The number of nitrogens with zero attached hydrogens (tertiary/aromatic N) is 3. The molecule has 1 unspecified atom stereocenters. The molecule has 0 N–H and O–H groups in total. The Bertz CT molecular complexity index is 1230.